The lowest BCUT2D eigenvalue weighted by molar-refractivity contribution is 0.522. The molecule has 0 spiro atoms. The van der Waals surface area contributed by atoms with Gasteiger partial charge in [0.05, 0.1) is 0 Å². The van der Waals surface area contributed by atoms with Crippen LogP contribution in [0.1, 0.15) is 28.7 Å². The highest BCUT2D eigenvalue weighted by atomic mass is 14.5. The van der Waals surface area contributed by atoms with Gasteiger partial charge in [-0.1, -0.05) is 17.7 Å². The highest BCUT2D eigenvalue weighted by Crippen LogP contribution is 2.31. The molecule has 0 amide bonds. The maximum Gasteiger partial charge on any atom is -0.00744 e. The van der Waals surface area contributed by atoms with Crippen molar-refractivity contribution < 1.29 is 0 Å². The molecule has 76 valence electrons. The number of aryl methyl sites for hydroxylation is 2. The van der Waals surface area contributed by atoms with Gasteiger partial charge in [-0.25, -0.2) is 0 Å². The lowest BCUT2D eigenvalue weighted by atomic mass is 10.0. The highest BCUT2D eigenvalue weighted by Gasteiger charge is 2.22. The van der Waals surface area contributed by atoms with Crippen LogP contribution in [-0.4, -0.2) is 6.54 Å². The summed E-state index contributed by atoms with van der Waals surface area (Å²) < 4.78 is 0. The zero-order valence-electron chi connectivity index (χ0n) is 9.14. The normalized spacial score (nSPS) is 19.8. The number of rotatable bonds is 2. The summed E-state index contributed by atoms with van der Waals surface area (Å²) in [6, 6.07) is 4.64. The van der Waals surface area contributed by atoms with E-state index < -0.39 is 0 Å². The third-order valence-corrected chi connectivity index (χ3v) is 3.29. The second-order valence-electron chi connectivity index (χ2n) is 4.57. The van der Waals surface area contributed by atoms with Gasteiger partial charge in [-0.15, -0.1) is 0 Å². The van der Waals surface area contributed by atoms with Crippen LogP contribution in [0.5, 0.6) is 0 Å². The van der Waals surface area contributed by atoms with Gasteiger partial charge in [0.15, 0.2) is 0 Å². The average Bonchev–Trinajstić information content (AvgIpc) is 2.48. The molecule has 14 heavy (non-hydrogen) atoms. The molecule has 1 nitrogen and oxygen atoms in total. The van der Waals surface area contributed by atoms with Gasteiger partial charge >= 0.3 is 0 Å². The van der Waals surface area contributed by atoms with Crippen LogP contribution in [-0.2, 0) is 12.8 Å². The van der Waals surface area contributed by atoms with Gasteiger partial charge in [-0.3, -0.25) is 0 Å². The van der Waals surface area contributed by atoms with E-state index in [1.54, 1.807) is 11.1 Å². The first-order valence-electron chi connectivity index (χ1n) is 5.49. The van der Waals surface area contributed by atoms with Crippen molar-refractivity contribution in [2.24, 2.45) is 11.7 Å². The first-order chi connectivity index (χ1) is 6.70. The molecule has 2 rings (SSSR count). The molecule has 0 aliphatic heterocycles. The van der Waals surface area contributed by atoms with Crippen molar-refractivity contribution in [3.63, 3.8) is 0 Å². The molecule has 1 unspecified atom stereocenters. The second kappa shape index (κ2) is 3.74. The third kappa shape index (κ3) is 1.69. The molecule has 1 aliphatic rings. The van der Waals surface area contributed by atoms with Crippen molar-refractivity contribution >= 4 is 0 Å². The van der Waals surface area contributed by atoms with Crippen LogP contribution in [0.4, 0.5) is 0 Å². The fourth-order valence-electron chi connectivity index (χ4n) is 2.67. The summed E-state index contributed by atoms with van der Waals surface area (Å²) in [6.45, 7) is 5.25. The summed E-state index contributed by atoms with van der Waals surface area (Å²) in [5.74, 6) is 0.801. The minimum absolute atomic E-state index is 0.801. The van der Waals surface area contributed by atoms with E-state index in [4.69, 9.17) is 5.73 Å². The molecular formula is C13H19N. The van der Waals surface area contributed by atoms with E-state index in [1.807, 2.05) is 0 Å². The van der Waals surface area contributed by atoms with E-state index in [2.05, 4.69) is 26.0 Å². The van der Waals surface area contributed by atoms with E-state index >= 15 is 0 Å². The Morgan fingerprint density at radius 1 is 1.29 bits per heavy atom. The van der Waals surface area contributed by atoms with Crippen LogP contribution in [0, 0.1) is 19.8 Å². The standard InChI is InChI=1S/C13H19N/c1-9-5-10(2)13-8-11(3-4-14)7-12(13)6-9/h5-6,11H,3-4,7-8,14H2,1-2H3. The third-order valence-electron chi connectivity index (χ3n) is 3.29. The zero-order valence-corrected chi connectivity index (χ0v) is 9.14. The van der Waals surface area contributed by atoms with Crippen molar-refractivity contribution in [3.8, 4) is 0 Å². The van der Waals surface area contributed by atoms with Gasteiger partial charge in [0.2, 0.25) is 0 Å². The summed E-state index contributed by atoms with van der Waals surface area (Å²) in [5, 5.41) is 0. The summed E-state index contributed by atoms with van der Waals surface area (Å²) in [4.78, 5) is 0. The van der Waals surface area contributed by atoms with Gasteiger partial charge in [-0.2, -0.15) is 0 Å². The molecule has 0 saturated carbocycles. The molecule has 0 fully saturated rings. The maximum absolute atomic E-state index is 5.61. The molecule has 0 saturated heterocycles. The Bertz CT molecular complexity index is 341. The molecule has 1 atom stereocenters. The van der Waals surface area contributed by atoms with Gasteiger partial charge in [0, 0.05) is 0 Å². The highest BCUT2D eigenvalue weighted by molar-refractivity contribution is 5.41. The largest absolute Gasteiger partial charge is 0.330 e. The molecule has 0 aromatic heterocycles. The molecule has 0 bridgehead atoms. The van der Waals surface area contributed by atoms with E-state index in [1.165, 1.54) is 30.4 Å². The minimum Gasteiger partial charge on any atom is -0.330 e. The Hall–Kier alpha value is -0.820. The average molecular weight is 189 g/mol. The van der Waals surface area contributed by atoms with E-state index in [-0.39, 0.29) is 0 Å². The Morgan fingerprint density at radius 2 is 2.07 bits per heavy atom. The number of nitrogens with two attached hydrogens (primary N) is 1. The summed E-state index contributed by atoms with van der Waals surface area (Å²) in [5.41, 5.74) is 11.6. The molecule has 2 N–H and O–H groups in total. The Morgan fingerprint density at radius 3 is 2.79 bits per heavy atom. The molecule has 1 aromatic rings. The van der Waals surface area contributed by atoms with Crippen LogP contribution in [0.3, 0.4) is 0 Å². The molecule has 0 heterocycles. The number of hydrogen-bond acceptors (Lipinski definition) is 1. The summed E-state index contributed by atoms with van der Waals surface area (Å²) in [6.07, 6.45) is 3.67. The fraction of sp³-hybridized carbons (Fsp3) is 0.538. The number of benzene rings is 1. The van der Waals surface area contributed by atoms with Gasteiger partial charge in [0.25, 0.3) is 0 Å². The van der Waals surface area contributed by atoms with Crippen LogP contribution in [0.15, 0.2) is 12.1 Å². The maximum atomic E-state index is 5.61. The number of hydrogen-bond donors (Lipinski definition) is 1. The van der Waals surface area contributed by atoms with E-state index in [0.717, 1.165) is 12.5 Å². The van der Waals surface area contributed by atoms with Crippen molar-refractivity contribution in [1.82, 2.24) is 0 Å². The Kier molecular flexibility index (Phi) is 2.60. The smallest absolute Gasteiger partial charge is 0.00744 e. The molecular weight excluding hydrogens is 170 g/mol. The molecule has 1 aromatic carbocycles. The molecule has 1 aliphatic carbocycles. The Balaban J connectivity index is 2.26. The lowest BCUT2D eigenvalue weighted by Gasteiger charge is -2.05. The Labute approximate surface area is 86.3 Å². The number of fused-ring (bicyclic) bond motifs is 1. The first kappa shape index (κ1) is 9.72. The SMILES string of the molecule is Cc1cc(C)c2c(c1)CC(CCN)C2. The second-order valence-corrected chi connectivity index (χ2v) is 4.57. The van der Waals surface area contributed by atoms with Gasteiger partial charge in [0.1, 0.15) is 0 Å². The van der Waals surface area contributed by atoms with E-state index in [0.29, 0.717) is 0 Å². The predicted octanol–water partition coefficient (Wildman–Crippen LogP) is 2.37. The van der Waals surface area contributed by atoms with Gasteiger partial charge < -0.3 is 5.73 Å². The van der Waals surface area contributed by atoms with Crippen LogP contribution >= 0.6 is 0 Å². The van der Waals surface area contributed by atoms with Crippen molar-refractivity contribution in [2.45, 2.75) is 33.1 Å². The molecule has 1 heteroatoms. The fourth-order valence-corrected chi connectivity index (χ4v) is 2.67. The van der Waals surface area contributed by atoms with Crippen molar-refractivity contribution in [2.75, 3.05) is 6.54 Å². The summed E-state index contributed by atoms with van der Waals surface area (Å²) in [7, 11) is 0. The minimum atomic E-state index is 0.801. The van der Waals surface area contributed by atoms with Crippen LogP contribution in [0.2, 0.25) is 0 Å². The zero-order chi connectivity index (χ0) is 10.1. The van der Waals surface area contributed by atoms with Crippen molar-refractivity contribution in [1.29, 1.82) is 0 Å². The lowest BCUT2D eigenvalue weighted by Crippen LogP contribution is -2.08. The quantitative estimate of drug-likeness (QED) is 0.759. The monoisotopic (exact) mass is 189 g/mol. The predicted molar refractivity (Wildman–Crippen MR) is 60.5 cm³/mol. The van der Waals surface area contributed by atoms with Crippen LogP contribution in [0.25, 0.3) is 0 Å². The van der Waals surface area contributed by atoms with E-state index in [9.17, 15) is 0 Å². The van der Waals surface area contributed by atoms with Crippen molar-refractivity contribution in [3.05, 3.63) is 34.4 Å². The topological polar surface area (TPSA) is 26.0 Å². The van der Waals surface area contributed by atoms with Gasteiger partial charge in [-0.05, 0) is 62.3 Å². The molecule has 0 radical (unpaired) electrons. The summed E-state index contributed by atoms with van der Waals surface area (Å²) >= 11 is 0. The first-order valence-corrected chi connectivity index (χ1v) is 5.49. The van der Waals surface area contributed by atoms with Crippen LogP contribution < -0.4 is 5.73 Å².